The average Bonchev–Trinajstić information content (AvgIpc) is 3.66. The van der Waals surface area contributed by atoms with Crippen molar-refractivity contribution in [2.45, 2.75) is 26.7 Å². The van der Waals surface area contributed by atoms with Crippen molar-refractivity contribution in [3.05, 3.63) is 93.8 Å². The van der Waals surface area contributed by atoms with Gasteiger partial charge in [0.25, 0.3) is 0 Å². The van der Waals surface area contributed by atoms with Crippen molar-refractivity contribution in [3.63, 3.8) is 0 Å². The van der Waals surface area contributed by atoms with Crippen molar-refractivity contribution in [1.29, 1.82) is 0 Å². The Morgan fingerprint density at radius 3 is 2.34 bits per heavy atom. The van der Waals surface area contributed by atoms with Crippen LogP contribution in [-0.2, 0) is 14.3 Å². The van der Waals surface area contributed by atoms with E-state index in [4.69, 9.17) is 21.1 Å². The number of benzene rings is 3. The number of amides is 1. The first-order valence-electron chi connectivity index (χ1n) is 11.1. The molecule has 0 radical (unpaired) electrons. The quantitative estimate of drug-likeness (QED) is 0.212. The molecule has 1 amide bonds. The summed E-state index contributed by atoms with van der Waals surface area (Å²) in [4.78, 5) is 39.0. The SMILES string of the molecule is Cc1ccccc1C(=O)c1ccc(N(C(=O)OCOC(=O)C2CC2)c2ccc(F)cc2C)cc1Cl. The normalized spacial score (nSPS) is 12.7. The summed E-state index contributed by atoms with van der Waals surface area (Å²) in [5.41, 5.74) is 2.71. The van der Waals surface area contributed by atoms with Crippen molar-refractivity contribution >= 4 is 40.8 Å². The van der Waals surface area contributed by atoms with Crippen LogP contribution < -0.4 is 4.90 Å². The van der Waals surface area contributed by atoms with Gasteiger partial charge in [-0.2, -0.15) is 0 Å². The number of esters is 1. The lowest BCUT2D eigenvalue weighted by molar-refractivity contribution is -0.153. The fourth-order valence-electron chi connectivity index (χ4n) is 3.65. The Morgan fingerprint density at radius 2 is 1.69 bits per heavy atom. The van der Waals surface area contributed by atoms with Crippen LogP contribution in [0.3, 0.4) is 0 Å². The van der Waals surface area contributed by atoms with Gasteiger partial charge in [-0.25, -0.2) is 14.1 Å². The molecule has 8 heteroatoms. The minimum Gasteiger partial charge on any atom is -0.428 e. The minimum absolute atomic E-state index is 0.133. The van der Waals surface area contributed by atoms with Crippen LogP contribution in [-0.4, -0.2) is 24.6 Å². The summed E-state index contributed by atoms with van der Waals surface area (Å²) in [7, 11) is 0. The van der Waals surface area contributed by atoms with E-state index in [0.29, 0.717) is 22.5 Å². The van der Waals surface area contributed by atoms with Gasteiger partial charge in [0, 0.05) is 11.1 Å². The molecule has 6 nitrogen and oxygen atoms in total. The zero-order chi connectivity index (χ0) is 25.1. The summed E-state index contributed by atoms with van der Waals surface area (Å²) in [6.45, 7) is 2.92. The Kier molecular flexibility index (Phi) is 7.17. The molecule has 1 saturated carbocycles. The first-order chi connectivity index (χ1) is 16.8. The topological polar surface area (TPSA) is 72.9 Å². The fraction of sp³-hybridized carbons (Fsp3) is 0.222. The van der Waals surface area contributed by atoms with Gasteiger partial charge in [0.1, 0.15) is 5.82 Å². The number of carbonyl (C=O) groups is 3. The number of hydrogen-bond donors (Lipinski definition) is 0. The number of aryl methyl sites for hydroxylation is 2. The number of hydrogen-bond acceptors (Lipinski definition) is 5. The van der Waals surface area contributed by atoms with E-state index < -0.39 is 24.7 Å². The van der Waals surface area contributed by atoms with Gasteiger partial charge < -0.3 is 9.47 Å². The molecule has 1 aliphatic rings. The van der Waals surface area contributed by atoms with Gasteiger partial charge in [-0.3, -0.25) is 9.59 Å². The molecule has 3 aromatic carbocycles. The Labute approximate surface area is 207 Å². The first kappa shape index (κ1) is 24.4. The molecule has 180 valence electrons. The molecule has 1 aliphatic carbocycles. The fourth-order valence-corrected chi connectivity index (χ4v) is 3.91. The first-order valence-corrected chi connectivity index (χ1v) is 11.4. The second-order valence-corrected chi connectivity index (χ2v) is 8.75. The van der Waals surface area contributed by atoms with Gasteiger partial charge in [-0.15, -0.1) is 0 Å². The highest BCUT2D eigenvalue weighted by atomic mass is 35.5. The number of halogens is 2. The van der Waals surface area contributed by atoms with Crippen molar-refractivity contribution < 1.29 is 28.2 Å². The predicted octanol–water partition coefficient (Wildman–Crippen LogP) is 6.51. The summed E-state index contributed by atoms with van der Waals surface area (Å²) < 4.78 is 23.9. The number of rotatable bonds is 7. The van der Waals surface area contributed by atoms with Crippen molar-refractivity contribution in [2.75, 3.05) is 11.7 Å². The second-order valence-electron chi connectivity index (χ2n) is 8.34. The lowest BCUT2D eigenvalue weighted by Gasteiger charge is -2.24. The molecule has 0 aliphatic heterocycles. The van der Waals surface area contributed by atoms with E-state index in [1.165, 1.54) is 35.2 Å². The summed E-state index contributed by atoms with van der Waals surface area (Å²) >= 11 is 6.49. The van der Waals surface area contributed by atoms with Crippen LogP contribution in [0.25, 0.3) is 0 Å². The van der Waals surface area contributed by atoms with E-state index in [2.05, 4.69) is 0 Å². The highest BCUT2D eigenvalue weighted by Gasteiger charge is 2.32. The second kappa shape index (κ2) is 10.3. The number of ketones is 1. The van der Waals surface area contributed by atoms with Crippen molar-refractivity contribution in [3.8, 4) is 0 Å². The summed E-state index contributed by atoms with van der Waals surface area (Å²) in [5, 5.41) is 0.133. The molecular weight excluding hydrogens is 473 g/mol. The Hall–Kier alpha value is -3.71. The number of anilines is 2. The molecule has 0 saturated heterocycles. The van der Waals surface area contributed by atoms with Crippen LogP contribution in [0.2, 0.25) is 5.02 Å². The Morgan fingerprint density at radius 1 is 0.943 bits per heavy atom. The summed E-state index contributed by atoms with van der Waals surface area (Å²) in [6.07, 6.45) is 0.678. The monoisotopic (exact) mass is 495 g/mol. The minimum atomic E-state index is -0.850. The van der Waals surface area contributed by atoms with Gasteiger partial charge in [0.15, 0.2) is 5.78 Å². The lowest BCUT2D eigenvalue weighted by atomic mass is 9.99. The van der Waals surface area contributed by atoms with Crippen LogP contribution in [0.1, 0.15) is 39.9 Å². The maximum Gasteiger partial charge on any atom is 0.421 e. The maximum atomic E-state index is 13.7. The molecule has 35 heavy (non-hydrogen) atoms. The molecule has 0 unspecified atom stereocenters. The van der Waals surface area contributed by atoms with Gasteiger partial charge in [-0.1, -0.05) is 35.9 Å². The molecule has 0 bridgehead atoms. The van der Waals surface area contributed by atoms with E-state index in [0.717, 1.165) is 18.4 Å². The van der Waals surface area contributed by atoms with Crippen LogP contribution in [0.5, 0.6) is 0 Å². The van der Waals surface area contributed by atoms with Crippen LogP contribution in [0, 0.1) is 25.6 Å². The number of ether oxygens (including phenoxy) is 2. The van der Waals surface area contributed by atoms with Gasteiger partial charge in [0.2, 0.25) is 6.79 Å². The molecule has 4 rings (SSSR count). The molecule has 0 aromatic heterocycles. The zero-order valence-corrected chi connectivity index (χ0v) is 20.0. The molecular formula is C27H23ClFNO5. The van der Waals surface area contributed by atoms with E-state index in [-0.39, 0.29) is 22.3 Å². The molecule has 1 fully saturated rings. The van der Waals surface area contributed by atoms with Crippen LogP contribution in [0.4, 0.5) is 20.6 Å². The maximum absolute atomic E-state index is 13.7. The standard InChI is InChI=1S/C27H23ClFNO5/c1-16-5-3-4-6-21(16)25(31)22-11-10-20(14-23(22)28)30(24-12-9-19(29)13-17(24)2)27(33)35-15-34-26(32)18-7-8-18/h3-6,9-14,18H,7-8,15H2,1-2H3. The highest BCUT2D eigenvalue weighted by Crippen LogP contribution is 2.34. The molecule has 0 heterocycles. The van der Waals surface area contributed by atoms with Crippen LogP contribution >= 0.6 is 11.6 Å². The third-order valence-corrected chi connectivity index (χ3v) is 6.03. The summed E-state index contributed by atoms with van der Waals surface area (Å²) in [5.74, 6) is -1.26. The smallest absolute Gasteiger partial charge is 0.421 e. The number of nitrogens with zero attached hydrogens (tertiary/aromatic N) is 1. The van der Waals surface area contributed by atoms with E-state index in [1.807, 2.05) is 19.1 Å². The van der Waals surface area contributed by atoms with Gasteiger partial charge in [0.05, 0.1) is 22.3 Å². The zero-order valence-electron chi connectivity index (χ0n) is 19.2. The Bertz CT molecular complexity index is 1300. The predicted molar refractivity (Wildman–Crippen MR) is 130 cm³/mol. The van der Waals surface area contributed by atoms with E-state index in [9.17, 15) is 18.8 Å². The molecule has 0 N–H and O–H groups in total. The Balaban J connectivity index is 1.64. The van der Waals surface area contributed by atoms with Gasteiger partial charge >= 0.3 is 12.1 Å². The van der Waals surface area contributed by atoms with Crippen LogP contribution in [0.15, 0.2) is 60.7 Å². The summed E-state index contributed by atoms with van der Waals surface area (Å²) in [6, 6.07) is 15.6. The van der Waals surface area contributed by atoms with Gasteiger partial charge in [-0.05, 0) is 74.2 Å². The highest BCUT2D eigenvalue weighted by molar-refractivity contribution is 6.35. The third-order valence-electron chi connectivity index (χ3n) is 5.72. The largest absolute Gasteiger partial charge is 0.428 e. The molecule has 0 atom stereocenters. The van der Waals surface area contributed by atoms with E-state index >= 15 is 0 Å². The third kappa shape index (κ3) is 5.52. The average molecular weight is 496 g/mol. The van der Waals surface area contributed by atoms with Crippen molar-refractivity contribution in [2.24, 2.45) is 5.92 Å². The van der Waals surface area contributed by atoms with E-state index in [1.54, 1.807) is 25.1 Å². The van der Waals surface area contributed by atoms with Crippen molar-refractivity contribution in [1.82, 2.24) is 0 Å². The number of carbonyl (C=O) groups excluding carboxylic acids is 3. The molecule has 0 spiro atoms. The lowest BCUT2D eigenvalue weighted by Crippen LogP contribution is -2.29. The molecule has 3 aromatic rings.